The molecule has 0 atom stereocenters. The Balaban J connectivity index is 2.01. The molecule has 4 nitrogen and oxygen atoms in total. The number of hydrogen-bond acceptors (Lipinski definition) is 4. The number of para-hydroxylation sites is 1. The SMILES string of the molecule is O=C(NN=Cc1cc(Br)cs1)c1ccccc1O. The number of amides is 1. The highest BCUT2D eigenvalue weighted by atomic mass is 79.9. The van der Waals surface area contributed by atoms with Crippen LogP contribution in [0.1, 0.15) is 15.2 Å². The summed E-state index contributed by atoms with van der Waals surface area (Å²) in [5.41, 5.74) is 2.56. The van der Waals surface area contributed by atoms with Crippen LogP contribution in [0.2, 0.25) is 0 Å². The molecule has 2 N–H and O–H groups in total. The molecule has 0 aliphatic rings. The van der Waals surface area contributed by atoms with Gasteiger partial charge in [-0.2, -0.15) is 5.10 Å². The van der Waals surface area contributed by atoms with E-state index in [1.165, 1.54) is 23.5 Å². The molecule has 0 aliphatic carbocycles. The minimum Gasteiger partial charge on any atom is -0.507 e. The Bertz CT molecular complexity index is 595. The Morgan fingerprint density at radius 2 is 2.22 bits per heavy atom. The lowest BCUT2D eigenvalue weighted by Crippen LogP contribution is -2.17. The number of phenolic OH excluding ortho intramolecular Hbond substituents is 1. The summed E-state index contributed by atoms with van der Waals surface area (Å²) in [5.74, 6) is -0.510. The van der Waals surface area contributed by atoms with Crippen LogP contribution in [0.4, 0.5) is 0 Å². The van der Waals surface area contributed by atoms with Crippen LogP contribution < -0.4 is 5.43 Å². The minimum absolute atomic E-state index is 0.0657. The Kier molecular flexibility index (Phi) is 4.11. The third kappa shape index (κ3) is 3.18. The number of halogens is 1. The first-order chi connectivity index (χ1) is 8.66. The fraction of sp³-hybridized carbons (Fsp3) is 0. The molecule has 0 bridgehead atoms. The van der Waals surface area contributed by atoms with Gasteiger partial charge in [0.05, 0.1) is 11.8 Å². The van der Waals surface area contributed by atoms with Gasteiger partial charge < -0.3 is 5.11 Å². The normalized spacial score (nSPS) is 10.7. The first-order valence-electron chi connectivity index (χ1n) is 5.02. The lowest BCUT2D eigenvalue weighted by molar-refractivity contribution is 0.0952. The summed E-state index contributed by atoms with van der Waals surface area (Å²) in [4.78, 5) is 12.6. The molecule has 1 aromatic carbocycles. The van der Waals surface area contributed by atoms with Crippen LogP contribution in [0.25, 0.3) is 0 Å². The van der Waals surface area contributed by atoms with E-state index in [0.717, 1.165) is 9.35 Å². The van der Waals surface area contributed by atoms with Gasteiger partial charge in [0.2, 0.25) is 0 Å². The van der Waals surface area contributed by atoms with Crippen LogP contribution in [0.5, 0.6) is 5.75 Å². The summed E-state index contributed by atoms with van der Waals surface area (Å²) < 4.78 is 0.973. The smallest absolute Gasteiger partial charge is 0.275 e. The number of rotatable bonds is 3. The minimum atomic E-state index is -0.444. The maximum Gasteiger partial charge on any atom is 0.275 e. The molecule has 1 aromatic heterocycles. The van der Waals surface area contributed by atoms with Crippen molar-refractivity contribution in [2.24, 2.45) is 5.10 Å². The van der Waals surface area contributed by atoms with Gasteiger partial charge in [-0.1, -0.05) is 12.1 Å². The first kappa shape index (κ1) is 12.8. The molecule has 0 saturated heterocycles. The van der Waals surface area contributed by atoms with Crippen LogP contribution in [0.3, 0.4) is 0 Å². The van der Waals surface area contributed by atoms with E-state index in [9.17, 15) is 9.90 Å². The summed E-state index contributed by atoms with van der Waals surface area (Å²) >= 11 is 4.83. The Labute approximate surface area is 116 Å². The van der Waals surface area contributed by atoms with Crippen molar-refractivity contribution in [3.05, 3.63) is 50.6 Å². The molecule has 2 aromatic rings. The van der Waals surface area contributed by atoms with Gasteiger partial charge in [-0.15, -0.1) is 11.3 Å². The number of carbonyl (C=O) groups is 1. The quantitative estimate of drug-likeness (QED) is 0.673. The fourth-order valence-corrected chi connectivity index (χ4v) is 2.58. The van der Waals surface area contributed by atoms with E-state index >= 15 is 0 Å². The summed E-state index contributed by atoms with van der Waals surface area (Å²) in [6, 6.07) is 8.20. The molecule has 0 fully saturated rings. The Morgan fingerprint density at radius 1 is 1.44 bits per heavy atom. The number of thiophene rings is 1. The van der Waals surface area contributed by atoms with E-state index in [2.05, 4.69) is 26.5 Å². The molecule has 1 heterocycles. The number of aromatic hydroxyl groups is 1. The van der Waals surface area contributed by atoms with E-state index in [1.807, 2.05) is 11.4 Å². The van der Waals surface area contributed by atoms with E-state index in [1.54, 1.807) is 18.3 Å². The summed E-state index contributed by atoms with van der Waals surface area (Å²) in [6.45, 7) is 0. The van der Waals surface area contributed by atoms with Gasteiger partial charge in [0.15, 0.2) is 0 Å². The monoisotopic (exact) mass is 324 g/mol. The fourth-order valence-electron chi connectivity index (χ4n) is 1.28. The van der Waals surface area contributed by atoms with E-state index in [4.69, 9.17) is 0 Å². The van der Waals surface area contributed by atoms with Gasteiger partial charge in [-0.25, -0.2) is 5.43 Å². The van der Waals surface area contributed by atoms with Gasteiger partial charge in [0.1, 0.15) is 5.75 Å². The van der Waals surface area contributed by atoms with Crippen LogP contribution in [0.15, 0.2) is 45.3 Å². The molecule has 18 heavy (non-hydrogen) atoms. The van der Waals surface area contributed by atoms with Crippen molar-refractivity contribution in [1.82, 2.24) is 5.43 Å². The zero-order valence-corrected chi connectivity index (χ0v) is 11.5. The van der Waals surface area contributed by atoms with Crippen LogP contribution in [-0.4, -0.2) is 17.2 Å². The zero-order valence-electron chi connectivity index (χ0n) is 9.13. The number of nitrogens with one attached hydrogen (secondary N) is 1. The number of nitrogens with zero attached hydrogens (tertiary/aromatic N) is 1. The molecule has 2 rings (SSSR count). The highest BCUT2D eigenvalue weighted by molar-refractivity contribution is 9.10. The van der Waals surface area contributed by atoms with Crippen molar-refractivity contribution in [3.63, 3.8) is 0 Å². The molecule has 0 spiro atoms. The number of benzene rings is 1. The maximum absolute atomic E-state index is 11.7. The Hall–Kier alpha value is -1.66. The molecule has 0 radical (unpaired) electrons. The van der Waals surface area contributed by atoms with Gasteiger partial charge >= 0.3 is 0 Å². The van der Waals surface area contributed by atoms with Crippen molar-refractivity contribution in [2.75, 3.05) is 0 Å². The van der Waals surface area contributed by atoms with E-state index < -0.39 is 5.91 Å². The van der Waals surface area contributed by atoms with Crippen molar-refractivity contribution in [3.8, 4) is 5.75 Å². The lowest BCUT2D eigenvalue weighted by atomic mass is 10.2. The van der Waals surface area contributed by atoms with E-state index in [0.29, 0.717) is 0 Å². The van der Waals surface area contributed by atoms with Crippen LogP contribution in [-0.2, 0) is 0 Å². The number of hydrazone groups is 1. The predicted octanol–water partition coefficient (Wildman–Crippen LogP) is 2.98. The number of hydrogen-bond donors (Lipinski definition) is 2. The molecule has 0 unspecified atom stereocenters. The van der Waals surface area contributed by atoms with Gasteiger partial charge in [0.25, 0.3) is 5.91 Å². The predicted molar refractivity (Wildman–Crippen MR) is 75.2 cm³/mol. The third-order valence-corrected chi connectivity index (χ3v) is 3.72. The maximum atomic E-state index is 11.7. The first-order valence-corrected chi connectivity index (χ1v) is 6.69. The van der Waals surface area contributed by atoms with Crippen LogP contribution in [0, 0.1) is 0 Å². The van der Waals surface area contributed by atoms with E-state index in [-0.39, 0.29) is 11.3 Å². The molecule has 92 valence electrons. The summed E-state index contributed by atoms with van der Waals surface area (Å²) in [5, 5.41) is 15.2. The lowest BCUT2D eigenvalue weighted by Gasteiger charge is -2.01. The molecule has 0 saturated carbocycles. The number of phenols is 1. The van der Waals surface area contributed by atoms with Crippen molar-refractivity contribution >= 4 is 39.4 Å². The summed E-state index contributed by atoms with van der Waals surface area (Å²) in [7, 11) is 0. The van der Waals surface area contributed by atoms with Crippen LogP contribution >= 0.6 is 27.3 Å². The molecule has 0 aliphatic heterocycles. The largest absolute Gasteiger partial charge is 0.507 e. The second kappa shape index (κ2) is 5.79. The molecule has 1 amide bonds. The number of carbonyl (C=O) groups excluding carboxylic acids is 1. The van der Waals surface area contributed by atoms with Gasteiger partial charge in [-0.3, -0.25) is 4.79 Å². The Morgan fingerprint density at radius 3 is 2.89 bits per heavy atom. The average molecular weight is 325 g/mol. The standard InChI is InChI=1S/C12H9BrN2O2S/c13-8-5-9(18-7-8)6-14-15-12(17)10-3-1-2-4-11(10)16/h1-7,16H,(H,15,17). The highest BCUT2D eigenvalue weighted by Crippen LogP contribution is 2.18. The van der Waals surface area contributed by atoms with Crippen molar-refractivity contribution < 1.29 is 9.90 Å². The molecular weight excluding hydrogens is 316 g/mol. The van der Waals surface area contributed by atoms with Crippen molar-refractivity contribution in [1.29, 1.82) is 0 Å². The second-order valence-electron chi connectivity index (χ2n) is 3.38. The average Bonchev–Trinajstić information content (AvgIpc) is 2.75. The van der Waals surface area contributed by atoms with Gasteiger partial charge in [-0.05, 0) is 34.1 Å². The topological polar surface area (TPSA) is 61.7 Å². The zero-order chi connectivity index (χ0) is 13.0. The van der Waals surface area contributed by atoms with Crippen molar-refractivity contribution in [2.45, 2.75) is 0 Å². The summed E-state index contributed by atoms with van der Waals surface area (Å²) in [6.07, 6.45) is 1.55. The highest BCUT2D eigenvalue weighted by Gasteiger charge is 2.08. The van der Waals surface area contributed by atoms with Gasteiger partial charge in [0, 0.05) is 14.7 Å². The third-order valence-electron chi connectivity index (χ3n) is 2.09. The molecule has 6 heteroatoms. The second-order valence-corrected chi connectivity index (χ2v) is 5.24. The molecular formula is C12H9BrN2O2S.